The number of benzene rings is 1. The Bertz CT molecular complexity index is 408. The molecule has 0 unspecified atom stereocenters. The number of nitriles is 1. The molecule has 66 valence electrons. The van der Waals surface area contributed by atoms with Crippen molar-refractivity contribution in [3.63, 3.8) is 0 Å². The largest absolute Gasteiger partial charge is 0.506 e. The second kappa shape index (κ2) is 2.98. The molecule has 0 aliphatic rings. The van der Waals surface area contributed by atoms with Crippen LogP contribution in [0.25, 0.3) is 0 Å². The van der Waals surface area contributed by atoms with Crippen molar-refractivity contribution in [3.05, 3.63) is 27.8 Å². The van der Waals surface area contributed by atoms with E-state index >= 15 is 0 Å². The first-order chi connectivity index (χ1) is 6.06. The fraction of sp³-hybridized carbons (Fsp3) is 0. The van der Waals surface area contributed by atoms with Gasteiger partial charge in [0.25, 0.3) is 5.69 Å². The van der Waals surface area contributed by atoms with Crippen molar-refractivity contribution >= 4 is 11.4 Å². The second-order valence-electron chi connectivity index (χ2n) is 2.30. The van der Waals surface area contributed by atoms with Crippen LogP contribution >= 0.6 is 0 Å². The third-order valence-corrected chi connectivity index (χ3v) is 1.46. The molecule has 1 aromatic carbocycles. The smallest absolute Gasteiger partial charge is 0.290 e. The molecular formula is C7H5N3O3. The highest BCUT2D eigenvalue weighted by atomic mass is 16.6. The summed E-state index contributed by atoms with van der Waals surface area (Å²) in [5.41, 5.74) is 4.57. The molecule has 0 heterocycles. The molecule has 6 heteroatoms. The van der Waals surface area contributed by atoms with Gasteiger partial charge in [-0.15, -0.1) is 0 Å². The minimum atomic E-state index is -0.752. The second-order valence-corrected chi connectivity index (χ2v) is 2.30. The van der Waals surface area contributed by atoms with Gasteiger partial charge in [0.05, 0.1) is 16.7 Å². The van der Waals surface area contributed by atoms with Crippen molar-refractivity contribution in [1.29, 1.82) is 5.26 Å². The first kappa shape index (κ1) is 8.80. The molecule has 6 nitrogen and oxygen atoms in total. The van der Waals surface area contributed by atoms with E-state index in [1.807, 2.05) is 0 Å². The van der Waals surface area contributed by atoms with E-state index in [0.29, 0.717) is 0 Å². The van der Waals surface area contributed by atoms with Crippen LogP contribution in [0.4, 0.5) is 11.4 Å². The lowest BCUT2D eigenvalue weighted by atomic mass is 10.1. The zero-order valence-electron chi connectivity index (χ0n) is 6.39. The molecule has 0 saturated heterocycles. The van der Waals surface area contributed by atoms with Gasteiger partial charge >= 0.3 is 0 Å². The topological polar surface area (TPSA) is 113 Å². The summed E-state index contributed by atoms with van der Waals surface area (Å²) in [6.07, 6.45) is 0. The number of hydrogen-bond acceptors (Lipinski definition) is 5. The van der Waals surface area contributed by atoms with Crippen molar-refractivity contribution in [2.75, 3.05) is 5.73 Å². The monoisotopic (exact) mass is 179 g/mol. The van der Waals surface area contributed by atoms with Crippen LogP contribution in [0.2, 0.25) is 0 Å². The van der Waals surface area contributed by atoms with Crippen LogP contribution in [0.5, 0.6) is 5.75 Å². The highest BCUT2D eigenvalue weighted by Crippen LogP contribution is 2.28. The number of nitro benzene ring substituents is 1. The summed E-state index contributed by atoms with van der Waals surface area (Å²) < 4.78 is 0. The molecular weight excluding hydrogens is 174 g/mol. The lowest BCUT2D eigenvalue weighted by Crippen LogP contribution is -1.94. The predicted molar refractivity (Wildman–Crippen MR) is 43.9 cm³/mol. The van der Waals surface area contributed by atoms with E-state index in [1.165, 1.54) is 0 Å². The normalized spacial score (nSPS) is 9.15. The maximum atomic E-state index is 10.3. The highest BCUT2D eigenvalue weighted by Gasteiger charge is 2.16. The van der Waals surface area contributed by atoms with Crippen LogP contribution in [-0.4, -0.2) is 10.0 Å². The van der Waals surface area contributed by atoms with E-state index < -0.39 is 16.4 Å². The van der Waals surface area contributed by atoms with E-state index in [1.54, 1.807) is 6.07 Å². The Labute approximate surface area is 73.0 Å². The molecule has 0 saturated carbocycles. The van der Waals surface area contributed by atoms with E-state index in [2.05, 4.69) is 0 Å². The first-order valence-corrected chi connectivity index (χ1v) is 3.23. The number of phenolic OH excluding ortho intramolecular Hbond substituents is 1. The maximum Gasteiger partial charge on any atom is 0.290 e. The molecule has 3 N–H and O–H groups in total. The van der Waals surface area contributed by atoms with Gasteiger partial charge in [0.15, 0.2) is 0 Å². The Balaban J connectivity index is 3.44. The van der Waals surface area contributed by atoms with E-state index in [0.717, 1.165) is 12.1 Å². The zero-order chi connectivity index (χ0) is 10.0. The molecule has 0 aromatic heterocycles. The summed E-state index contributed by atoms with van der Waals surface area (Å²) in [6, 6.07) is 3.53. The third-order valence-electron chi connectivity index (χ3n) is 1.46. The van der Waals surface area contributed by atoms with Gasteiger partial charge in [0.2, 0.25) is 0 Å². The Hall–Kier alpha value is -2.29. The summed E-state index contributed by atoms with van der Waals surface area (Å²) in [6.45, 7) is 0. The van der Waals surface area contributed by atoms with Crippen molar-refractivity contribution in [3.8, 4) is 11.8 Å². The SMILES string of the molecule is N#Cc1cc(N)c(O)cc1[N+](=O)[O-]. The molecule has 0 bridgehead atoms. The van der Waals surface area contributed by atoms with Gasteiger partial charge in [0.1, 0.15) is 17.4 Å². The number of nitrogens with two attached hydrogens (primary N) is 1. The van der Waals surface area contributed by atoms with Gasteiger partial charge in [-0.25, -0.2) is 0 Å². The maximum absolute atomic E-state index is 10.3. The van der Waals surface area contributed by atoms with Crippen molar-refractivity contribution in [1.82, 2.24) is 0 Å². The van der Waals surface area contributed by atoms with Crippen LogP contribution in [-0.2, 0) is 0 Å². The quantitative estimate of drug-likeness (QED) is 0.286. The average Bonchev–Trinajstić information content (AvgIpc) is 2.08. The van der Waals surface area contributed by atoms with Crippen LogP contribution in [0, 0.1) is 21.4 Å². The van der Waals surface area contributed by atoms with E-state index in [4.69, 9.17) is 16.1 Å². The summed E-state index contributed by atoms with van der Waals surface area (Å²) in [4.78, 5) is 9.59. The van der Waals surface area contributed by atoms with Gasteiger partial charge in [-0.2, -0.15) is 5.26 Å². The molecule has 1 rings (SSSR count). The van der Waals surface area contributed by atoms with E-state index in [-0.39, 0.29) is 11.3 Å². The highest BCUT2D eigenvalue weighted by molar-refractivity contribution is 5.64. The first-order valence-electron chi connectivity index (χ1n) is 3.23. The zero-order valence-corrected chi connectivity index (χ0v) is 6.39. The molecule has 1 aromatic rings. The summed E-state index contributed by atoms with van der Waals surface area (Å²) in [5.74, 6) is -0.397. The molecule has 0 atom stereocenters. The number of anilines is 1. The molecule has 0 fully saturated rings. The third kappa shape index (κ3) is 1.49. The Morgan fingerprint density at radius 1 is 1.62 bits per heavy atom. The molecule has 0 aliphatic heterocycles. The van der Waals surface area contributed by atoms with Crippen molar-refractivity contribution < 1.29 is 10.0 Å². The fourth-order valence-electron chi connectivity index (χ4n) is 0.835. The fourth-order valence-corrected chi connectivity index (χ4v) is 0.835. The Morgan fingerprint density at radius 2 is 2.23 bits per heavy atom. The van der Waals surface area contributed by atoms with Crippen molar-refractivity contribution in [2.45, 2.75) is 0 Å². The lowest BCUT2D eigenvalue weighted by molar-refractivity contribution is -0.385. The standard InChI is InChI=1S/C7H5N3O3/c8-3-4-1-5(9)7(11)2-6(4)10(12)13/h1-2,11H,9H2. The van der Waals surface area contributed by atoms with Crippen molar-refractivity contribution in [2.24, 2.45) is 0 Å². The number of hydrogen-bond donors (Lipinski definition) is 2. The van der Waals surface area contributed by atoms with Gasteiger partial charge in [-0.1, -0.05) is 0 Å². The van der Waals surface area contributed by atoms with Crippen LogP contribution in [0.15, 0.2) is 12.1 Å². The number of phenols is 1. The Morgan fingerprint density at radius 3 is 2.69 bits per heavy atom. The number of aromatic hydroxyl groups is 1. The van der Waals surface area contributed by atoms with Gasteiger partial charge < -0.3 is 10.8 Å². The number of nitro groups is 1. The van der Waals surface area contributed by atoms with Crippen LogP contribution in [0.1, 0.15) is 5.56 Å². The van der Waals surface area contributed by atoms with E-state index in [9.17, 15) is 10.1 Å². The molecule has 13 heavy (non-hydrogen) atoms. The molecule has 0 aliphatic carbocycles. The number of nitrogens with zero attached hydrogens (tertiary/aromatic N) is 2. The minimum absolute atomic E-state index is 0.0536. The number of nitrogen functional groups attached to an aromatic ring is 1. The van der Waals surface area contributed by atoms with Crippen LogP contribution in [0.3, 0.4) is 0 Å². The van der Waals surface area contributed by atoms with Gasteiger partial charge in [-0.3, -0.25) is 10.1 Å². The molecule has 0 radical (unpaired) electrons. The molecule has 0 amide bonds. The molecule has 0 spiro atoms. The lowest BCUT2D eigenvalue weighted by Gasteiger charge is -1.99. The average molecular weight is 179 g/mol. The predicted octanol–water partition coefficient (Wildman–Crippen LogP) is 0.754. The van der Waals surface area contributed by atoms with Gasteiger partial charge in [0, 0.05) is 0 Å². The summed E-state index contributed by atoms with van der Waals surface area (Å²) in [5, 5.41) is 27.9. The number of rotatable bonds is 1. The minimum Gasteiger partial charge on any atom is -0.506 e. The van der Waals surface area contributed by atoms with Gasteiger partial charge in [-0.05, 0) is 6.07 Å². The summed E-state index contributed by atoms with van der Waals surface area (Å²) >= 11 is 0. The summed E-state index contributed by atoms with van der Waals surface area (Å²) in [7, 11) is 0. The Kier molecular flexibility index (Phi) is 2.02. The van der Waals surface area contributed by atoms with Crippen LogP contribution < -0.4 is 5.73 Å².